The van der Waals surface area contributed by atoms with E-state index in [1.54, 1.807) is 18.0 Å². The normalized spacial score (nSPS) is 14.3. The monoisotopic (exact) mass is 283 g/mol. The van der Waals surface area contributed by atoms with Gasteiger partial charge in [0.25, 0.3) is 0 Å². The molecule has 0 aliphatic rings. The van der Waals surface area contributed by atoms with E-state index in [1.807, 2.05) is 13.0 Å². The van der Waals surface area contributed by atoms with Gasteiger partial charge < -0.3 is 10.4 Å². The van der Waals surface area contributed by atoms with Gasteiger partial charge in [-0.05, 0) is 39.3 Å². The minimum Gasteiger partial charge on any atom is -0.394 e. The zero-order chi connectivity index (χ0) is 14.1. The van der Waals surface area contributed by atoms with Crippen LogP contribution in [0.2, 0.25) is 0 Å². The van der Waals surface area contributed by atoms with Crippen LogP contribution in [-0.4, -0.2) is 39.5 Å². The third-order valence-electron chi connectivity index (χ3n) is 3.08. The molecule has 1 aromatic rings. The molecule has 19 heavy (non-hydrogen) atoms. The molecular formula is C14H25N3OS. The maximum atomic E-state index is 9.39. The number of unbranched alkanes of at least 4 members (excludes halogenated alkanes) is 1. The lowest BCUT2D eigenvalue weighted by atomic mass is 9.96. The first kappa shape index (κ1) is 16.4. The van der Waals surface area contributed by atoms with E-state index >= 15 is 0 Å². The van der Waals surface area contributed by atoms with Crippen molar-refractivity contribution in [2.24, 2.45) is 0 Å². The predicted octanol–water partition coefficient (Wildman–Crippen LogP) is 2.41. The molecule has 108 valence electrons. The second kappa shape index (κ2) is 8.51. The van der Waals surface area contributed by atoms with E-state index < -0.39 is 0 Å². The van der Waals surface area contributed by atoms with E-state index in [0.717, 1.165) is 42.4 Å². The summed E-state index contributed by atoms with van der Waals surface area (Å²) in [6, 6.07) is 1.91. The van der Waals surface area contributed by atoms with Crippen molar-refractivity contribution in [2.45, 2.75) is 50.7 Å². The van der Waals surface area contributed by atoms with Crippen molar-refractivity contribution in [1.29, 1.82) is 0 Å². The molecule has 0 aliphatic carbocycles. The maximum Gasteiger partial charge on any atom is 0.187 e. The van der Waals surface area contributed by atoms with Crippen molar-refractivity contribution in [1.82, 2.24) is 15.3 Å². The molecule has 2 N–H and O–H groups in total. The zero-order valence-corrected chi connectivity index (χ0v) is 13.0. The average Bonchev–Trinajstić information content (AvgIpc) is 2.39. The van der Waals surface area contributed by atoms with Gasteiger partial charge in [0.05, 0.1) is 6.61 Å². The number of aryl methyl sites for hydroxylation is 1. The number of aliphatic hydroxyl groups is 1. The lowest BCUT2D eigenvalue weighted by Gasteiger charge is -2.28. The first-order valence-corrected chi connectivity index (χ1v) is 7.86. The molecule has 0 spiro atoms. The summed E-state index contributed by atoms with van der Waals surface area (Å²) in [6.07, 6.45) is 5.01. The smallest absolute Gasteiger partial charge is 0.187 e. The Morgan fingerprint density at radius 2 is 2.21 bits per heavy atom. The third-order valence-corrected chi connectivity index (χ3v) is 4.03. The number of nitrogens with one attached hydrogen (secondary N) is 1. The summed E-state index contributed by atoms with van der Waals surface area (Å²) in [4.78, 5) is 8.60. The molecule has 0 saturated heterocycles. The highest BCUT2D eigenvalue weighted by atomic mass is 32.2. The van der Waals surface area contributed by atoms with E-state index in [-0.39, 0.29) is 12.1 Å². The summed E-state index contributed by atoms with van der Waals surface area (Å²) < 4.78 is 0. The molecule has 0 aliphatic heterocycles. The Bertz CT molecular complexity index is 375. The molecule has 1 atom stereocenters. The van der Waals surface area contributed by atoms with Crippen molar-refractivity contribution in [2.75, 3.05) is 18.9 Å². The van der Waals surface area contributed by atoms with Crippen LogP contribution in [0.3, 0.4) is 0 Å². The second-order valence-electron chi connectivity index (χ2n) is 5.04. The van der Waals surface area contributed by atoms with Crippen LogP contribution < -0.4 is 5.32 Å². The molecule has 0 fully saturated rings. The average molecular weight is 283 g/mol. The molecule has 1 aromatic heterocycles. The first-order valence-electron chi connectivity index (χ1n) is 6.88. The van der Waals surface area contributed by atoms with Crippen LogP contribution in [0.5, 0.6) is 0 Å². The molecule has 1 heterocycles. The molecule has 1 rings (SSSR count). The Kier molecular flexibility index (Phi) is 7.34. The summed E-state index contributed by atoms with van der Waals surface area (Å²) >= 11 is 1.70. The third kappa shape index (κ3) is 6.36. The van der Waals surface area contributed by atoms with Crippen molar-refractivity contribution in [3.8, 4) is 0 Å². The number of rotatable bonds is 9. The number of aliphatic hydroxyl groups excluding tert-OH is 1. The topological polar surface area (TPSA) is 58.0 Å². The van der Waals surface area contributed by atoms with E-state index in [4.69, 9.17) is 0 Å². The van der Waals surface area contributed by atoms with Gasteiger partial charge in [-0.2, -0.15) is 0 Å². The van der Waals surface area contributed by atoms with Crippen LogP contribution in [-0.2, 0) is 0 Å². The van der Waals surface area contributed by atoms with E-state index in [2.05, 4.69) is 29.1 Å². The van der Waals surface area contributed by atoms with Gasteiger partial charge in [0.1, 0.15) is 0 Å². The Morgan fingerprint density at radius 1 is 1.42 bits per heavy atom. The summed E-state index contributed by atoms with van der Waals surface area (Å²) in [5.74, 6) is 1.02. The van der Waals surface area contributed by atoms with E-state index in [9.17, 15) is 5.11 Å². The lowest BCUT2D eigenvalue weighted by molar-refractivity contribution is 0.165. The molecule has 1 unspecified atom stereocenters. The number of hydrogen-bond acceptors (Lipinski definition) is 5. The summed E-state index contributed by atoms with van der Waals surface area (Å²) in [5.41, 5.74) is 0.872. The highest BCUT2D eigenvalue weighted by molar-refractivity contribution is 7.99. The molecule has 0 amide bonds. The van der Waals surface area contributed by atoms with Gasteiger partial charge in [0.15, 0.2) is 5.16 Å². The molecular weight excluding hydrogens is 258 g/mol. The largest absolute Gasteiger partial charge is 0.394 e. The second-order valence-corrected chi connectivity index (χ2v) is 6.10. The van der Waals surface area contributed by atoms with Crippen molar-refractivity contribution in [3.63, 3.8) is 0 Å². The van der Waals surface area contributed by atoms with Gasteiger partial charge in [-0.1, -0.05) is 25.1 Å². The van der Waals surface area contributed by atoms with Gasteiger partial charge in [-0.25, -0.2) is 9.97 Å². The van der Waals surface area contributed by atoms with Gasteiger partial charge in [0.2, 0.25) is 0 Å². The Labute approximate surface area is 120 Å². The summed E-state index contributed by atoms with van der Waals surface area (Å²) in [5, 5.41) is 13.6. The van der Waals surface area contributed by atoms with Gasteiger partial charge in [-0.3, -0.25) is 0 Å². The SMILES string of the molecule is CCNC(C)(CO)CCCCSc1nccc(C)n1. The molecule has 0 radical (unpaired) electrons. The van der Waals surface area contributed by atoms with Crippen LogP contribution in [0.1, 0.15) is 38.8 Å². The fraction of sp³-hybridized carbons (Fsp3) is 0.714. The number of aromatic nitrogens is 2. The van der Waals surface area contributed by atoms with Crippen molar-refractivity contribution < 1.29 is 5.11 Å². The highest BCUT2D eigenvalue weighted by Crippen LogP contribution is 2.18. The summed E-state index contributed by atoms with van der Waals surface area (Å²) in [7, 11) is 0. The molecule has 0 bridgehead atoms. The van der Waals surface area contributed by atoms with E-state index in [0.29, 0.717) is 0 Å². The van der Waals surface area contributed by atoms with Crippen molar-refractivity contribution >= 4 is 11.8 Å². The minimum absolute atomic E-state index is 0.140. The van der Waals surface area contributed by atoms with Crippen LogP contribution >= 0.6 is 11.8 Å². The zero-order valence-electron chi connectivity index (χ0n) is 12.1. The van der Waals surface area contributed by atoms with Crippen LogP contribution in [0.15, 0.2) is 17.4 Å². The number of nitrogens with zero attached hydrogens (tertiary/aromatic N) is 2. The maximum absolute atomic E-state index is 9.39. The quantitative estimate of drug-likeness (QED) is 0.414. The number of hydrogen-bond donors (Lipinski definition) is 2. The molecule has 4 nitrogen and oxygen atoms in total. The fourth-order valence-corrected chi connectivity index (χ4v) is 2.80. The van der Waals surface area contributed by atoms with Crippen LogP contribution in [0.4, 0.5) is 0 Å². The number of thioether (sulfide) groups is 1. The molecule has 0 saturated carbocycles. The fourth-order valence-electron chi connectivity index (χ4n) is 1.93. The summed E-state index contributed by atoms with van der Waals surface area (Å²) in [6.45, 7) is 7.21. The first-order chi connectivity index (χ1) is 9.09. The Hall–Kier alpha value is -0.650. The predicted molar refractivity (Wildman–Crippen MR) is 80.5 cm³/mol. The Morgan fingerprint density at radius 3 is 2.84 bits per heavy atom. The van der Waals surface area contributed by atoms with Gasteiger partial charge in [0, 0.05) is 23.2 Å². The highest BCUT2D eigenvalue weighted by Gasteiger charge is 2.20. The lowest BCUT2D eigenvalue weighted by Crippen LogP contribution is -2.45. The van der Waals surface area contributed by atoms with E-state index in [1.165, 1.54) is 0 Å². The molecule has 5 heteroatoms. The van der Waals surface area contributed by atoms with Crippen LogP contribution in [0, 0.1) is 6.92 Å². The standard InChI is InChI=1S/C14H25N3OS/c1-4-16-14(3,11-18)8-5-6-10-19-13-15-9-7-12(2)17-13/h7,9,16,18H,4-6,8,10-11H2,1-3H3. The molecule has 0 aromatic carbocycles. The minimum atomic E-state index is -0.140. The van der Waals surface area contributed by atoms with Gasteiger partial charge >= 0.3 is 0 Å². The van der Waals surface area contributed by atoms with Gasteiger partial charge in [-0.15, -0.1) is 0 Å². The Balaban J connectivity index is 2.20. The number of likely N-dealkylation sites (N-methyl/N-ethyl adjacent to an activating group) is 1. The van der Waals surface area contributed by atoms with Crippen LogP contribution in [0.25, 0.3) is 0 Å². The van der Waals surface area contributed by atoms with Crippen molar-refractivity contribution in [3.05, 3.63) is 18.0 Å².